The minimum Gasteiger partial charge on any atom is -0.356 e. The highest BCUT2D eigenvalue weighted by Gasteiger charge is 2.09. The number of nitrogens with zero attached hydrogens (tertiary/aromatic N) is 4. The highest BCUT2D eigenvalue weighted by Crippen LogP contribution is 2.08. The van der Waals surface area contributed by atoms with Crippen LogP contribution in [0.1, 0.15) is 30.8 Å². The molecule has 0 aliphatic heterocycles. The van der Waals surface area contributed by atoms with Crippen LogP contribution in [-0.4, -0.2) is 61.3 Å². The summed E-state index contributed by atoms with van der Waals surface area (Å²) in [5, 5.41) is 10.9. The van der Waals surface area contributed by atoms with Gasteiger partial charge in [0.15, 0.2) is 11.5 Å². The van der Waals surface area contributed by atoms with Crippen molar-refractivity contribution in [3.8, 4) is 0 Å². The molecule has 0 fully saturated rings. The van der Waals surface area contributed by atoms with Crippen molar-refractivity contribution in [1.82, 2.24) is 20.4 Å². The topological polar surface area (TPSA) is 61.4 Å². The number of anilines is 1. The van der Waals surface area contributed by atoms with Gasteiger partial charge in [0, 0.05) is 19.6 Å². The van der Waals surface area contributed by atoms with Crippen LogP contribution >= 0.6 is 0 Å². The zero-order valence-electron chi connectivity index (χ0n) is 12.9. The maximum Gasteiger partial charge on any atom is 0.271 e. The molecule has 0 spiro atoms. The summed E-state index contributed by atoms with van der Waals surface area (Å²) < 4.78 is 0. The van der Waals surface area contributed by atoms with E-state index in [0.717, 1.165) is 31.9 Å². The fourth-order valence-electron chi connectivity index (χ4n) is 1.85. The molecule has 112 valence electrons. The Bertz CT molecular complexity index is 401. The average molecular weight is 279 g/mol. The summed E-state index contributed by atoms with van der Waals surface area (Å²) in [4.78, 5) is 16.0. The molecule has 0 radical (unpaired) electrons. The maximum atomic E-state index is 11.9. The SMILES string of the molecule is CCN(CC)c1ccc(C(=O)NCCCN(C)C)nn1. The first kappa shape index (κ1) is 16.4. The standard InChI is InChI=1S/C14H25N5O/c1-5-19(6-2)13-9-8-12(16-17-13)14(20)15-10-7-11-18(3)4/h8-9H,5-7,10-11H2,1-4H3,(H,15,20). The Morgan fingerprint density at radius 2 is 1.90 bits per heavy atom. The zero-order valence-corrected chi connectivity index (χ0v) is 12.9. The summed E-state index contributed by atoms with van der Waals surface area (Å²) in [7, 11) is 4.03. The third kappa shape index (κ3) is 5.13. The molecule has 0 aliphatic carbocycles. The third-order valence-electron chi connectivity index (χ3n) is 3.04. The lowest BCUT2D eigenvalue weighted by atomic mass is 10.3. The van der Waals surface area contributed by atoms with Gasteiger partial charge in [-0.3, -0.25) is 4.79 Å². The van der Waals surface area contributed by atoms with Crippen molar-refractivity contribution in [3.63, 3.8) is 0 Å². The van der Waals surface area contributed by atoms with E-state index in [4.69, 9.17) is 0 Å². The van der Waals surface area contributed by atoms with Crippen molar-refractivity contribution in [3.05, 3.63) is 17.8 Å². The Morgan fingerprint density at radius 3 is 2.40 bits per heavy atom. The molecule has 6 nitrogen and oxygen atoms in total. The van der Waals surface area contributed by atoms with Gasteiger partial charge in [0.1, 0.15) is 0 Å². The first-order chi connectivity index (χ1) is 9.58. The van der Waals surface area contributed by atoms with Crippen LogP contribution in [0.25, 0.3) is 0 Å². The molecule has 1 heterocycles. The fraction of sp³-hybridized carbons (Fsp3) is 0.643. The lowest BCUT2D eigenvalue weighted by molar-refractivity contribution is 0.0946. The number of hydrogen-bond donors (Lipinski definition) is 1. The van der Waals surface area contributed by atoms with Gasteiger partial charge in [0.25, 0.3) is 5.91 Å². The van der Waals surface area contributed by atoms with Crippen LogP contribution in [0.15, 0.2) is 12.1 Å². The minimum atomic E-state index is -0.164. The van der Waals surface area contributed by atoms with Crippen LogP contribution in [0.3, 0.4) is 0 Å². The smallest absolute Gasteiger partial charge is 0.271 e. The molecule has 0 aromatic carbocycles. The van der Waals surface area contributed by atoms with E-state index < -0.39 is 0 Å². The number of amides is 1. The second-order valence-electron chi connectivity index (χ2n) is 4.86. The average Bonchev–Trinajstić information content (AvgIpc) is 2.45. The van der Waals surface area contributed by atoms with Gasteiger partial charge in [-0.2, -0.15) is 0 Å². The quantitative estimate of drug-likeness (QED) is 0.720. The molecule has 1 rings (SSSR count). The molecule has 0 saturated heterocycles. The Kier molecular flexibility index (Phi) is 6.93. The molecule has 6 heteroatoms. The molecule has 1 aromatic rings. The minimum absolute atomic E-state index is 0.164. The molecule has 0 aliphatic rings. The molecule has 0 saturated carbocycles. The van der Waals surface area contributed by atoms with E-state index in [1.165, 1.54) is 0 Å². The largest absolute Gasteiger partial charge is 0.356 e. The van der Waals surface area contributed by atoms with Crippen molar-refractivity contribution in [2.45, 2.75) is 20.3 Å². The number of aromatic nitrogens is 2. The van der Waals surface area contributed by atoms with Crippen LogP contribution in [0, 0.1) is 0 Å². The molecular weight excluding hydrogens is 254 g/mol. The lowest BCUT2D eigenvalue weighted by Crippen LogP contribution is -2.28. The zero-order chi connectivity index (χ0) is 15.0. The second-order valence-corrected chi connectivity index (χ2v) is 4.86. The van der Waals surface area contributed by atoms with Crippen LogP contribution in [0.5, 0.6) is 0 Å². The Morgan fingerprint density at radius 1 is 1.20 bits per heavy atom. The van der Waals surface area contributed by atoms with E-state index in [1.807, 2.05) is 20.2 Å². The van der Waals surface area contributed by atoms with Gasteiger partial charge in [0.2, 0.25) is 0 Å². The van der Waals surface area contributed by atoms with Gasteiger partial charge in [-0.25, -0.2) is 0 Å². The first-order valence-electron chi connectivity index (χ1n) is 7.10. The predicted octanol–water partition coefficient (Wildman–Crippen LogP) is 1.00. The van der Waals surface area contributed by atoms with Crippen molar-refractivity contribution < 1.29 is 4.79 Å². The molecular formula is C14H25N5O. The summed E-state index contributed by atoms with van der Waals surface area (Å²) in [6.07, 6.45) is 0.920. The van der Waals surface area contributed by atoms with Crippen molar-refractivity contribution >= 4 is 11.7 Å². The van der Waals surface area contributed by atoms with Crippen LogP contribution < -0.4 is 10.2 Å². The molecule has 0 bridgehead atoms. The van der Waals surface area contributed by atoms with E-state index >= 15 is 0 Å². The van der Waals surface area contributed by atoms with E-state index in [9.17, 15) is 4.79 Å². The highest BCUT2D eigenvalue weighted by molar-refractivity contribution is 5.92. The van der Waals surface area contributed by atoms with E-state index in [2.05, 4.69) is 39.2 Å². The molecule has 20 heavy (non-hydrogen) atoms. The summed E-state index contributed by atoms with van der Waals surface area (Å²) in [6.45, 7) is 7.49. The lowest BCUT2D eigenvalue weighted by Gasteiger charge is -2.18. The number of rotatable bonds is 8. The number of nitrogens with one attached hydrogen (secondary N) is 1. The summed E-state index contributed by atoms with van der Waals surface area (Å²) in [5.74, 6) is 0.640. The van der Waals surface area contributed by atoms with Crippen molar-refractivity contribution in [1.29, 1.82) is 0 Å². The normalized spacial score (nSPS) is 10.7. The van der Waals surface area contributed by atoms with Crippen LogP contribution in [-0.2, 0) is 0 Å². The Balaban J connectivity index is 2.49. The Hall–Kier alpha value is -1.69. The number of carbonyl (C=O) groups excluding carboxylic acids is 1. The molecule has 0 atom stereocenters. The Labute approximate surface area is 121 Å². The summed E-state index contributed by atoms with van der Waals surface area (Å²) in [5.41, 5.74) is 0.366. The van der Waals surface area contributed by atoms with Gasteiger partial charge in [-0.1, -0.05) is 0 Å². The van der Waals surface area contributed by atoms with Crippen LogP contribution in [0.4, 0.5) is 5.82 Å². The highest BCUT2D eigenvalue weighted by atomic mass is 16.1. The third-order valence-corrected chi connectivity index (χ3v) is 3.04. The molecule has 1 N–H and O–H groups in total. The summed E-state index contributed by atoms with van der Waals surface area (Å²) >= 11 is 0. The molecule has 1 aromatic heterocycles. The fourth-order valence-corrected chi connectivity index (χ4v) is 1.85. The van der Waals surface area contributed by atoms with Crippen molar-refractivity contribution in [2.24, 2.45) is 0 Å². The number of carbonyl (C=O) groups is 1. The van der Waals surface area contributed by atoms with Gasteiger partial charge in [0.05, 0.1) is 0 Å². The predicted molar refractivity (Wildman–Crippen MR) is 81.1 cm³/mol. The van der Waals surface area contributed by atoms with Gasteiger partial charge >= 0.3 is 0 Å². The van der Waals surface area contributed by atoms with Gasteiger partial charge in [-0.05, 0) is 53.0 Å². The first-order valence-corrected chi connectivity index (χ1v) is 7.10. The number of hydrogen-bond acceptors (Lipinski definition) is 5. The van der Waals surface area contributed by atoms with Crippen molar-refractivity contribution in [2.75, 3.05) is 45.2 Å². The molecule has 1 amide bonds. The second kappa shape index (κ2) is 8.47. The molecule has 0 unspecified atom stereocenters. The van der Waals surface area contributed by atoms with E-state index in [1.54, 1.807) is 6.07 Å². The van der Waals surface area contributed by atoms with Gasteiger partial charge in [-0.15, -0.1) is 10.2 Å². The summed E-state index contributed by atoms with van der Waals surface area (Å²) in [6, 6.07) is 3.57. The van der Waals surface area contributed by atoms with E-state index in [-0.39, 0.29) is 5.91 Å². The van der Waals surface area contributed by atoms with E-state index in [0.29, 0.717) is 12.2 Å². The van der Waals surface area contributed by atoms with Gasteiger partial charge < -0.3 is 15.1 Å². The maximum absolute atomic E-state index is 11.9. The van der Waals surface area contributed by atoms with Crippen LogP contribution in [0.2, 0.25) is 0 Å². The monoisotopic (exact) mass is 279 g/mol.